The summed E-state index contributed by atoms with van der Waals surface area (Å²) < 4.78 is 5.89. The summed E-state index contributed by atoms with van der Waals surface area (Å²) in [5, 5.41) is 0. The van der Waals surface area contributed by atoms with Crippen LogP contribution in [0.3, 0.4) is 0 Å². The maximum atomic E-state index is 5.89. The number of hydrogen-bond acceptors (Lipinski definition) is 1. The molecule has 0 bridgehead atoms. The van der Waals surface area contributed by atoms with E-state index < -0.39 is 0 Å². The maximum Gasteiger partial charge on any atom is 0.119 e. The average Bonchev–Trinajstić information content (AvgIpc) is 2.87. The minimum atomic E-state index is 0.822. The summed E-state index contributed by atoms with van der Waals surface area (Å²) >= 11 is 0. The molecule has 1 aliphatic carbocycles. The Hall–Kier alpha value is -2.02. The second-order valence-electron chi connectivity index (χ2n) is 9.94. The van der Waals surface area contributed by atoms with Crippen molar-refractivity contribution < 1.29 is 4.74 Å². The lowest BCUT2D eigenvalue weighted by molar-refractivity contribution is 0.305. The first-order chi connectivity index (χ1) is 16.3. The van der Waals surface area contributed by atoms with Gasteiger partial charge < -0.3 is 4.74 Å². The second-order valence-corrected chi connectivity index (χ2v) is 9.94. The molecule has 1 aliphatic rings. The fourth-order valence-corrected chi connectivity index (χ4v) is 4.97. The van der Waals surface area contributed by atoms with Crippen molar-refractivity contribution in [3.05, 3.63) is 60.2 Å². The van der Waals surface area contributed by atoms with Crippen LogP contribution < -0.4 is 4.74 Å². The third kappa shape index (κ3) is 9.03. The zero-order valence-corrected chi connectivity index (χ0v) is 21.3. The molecule has 0 aromatic heterocycles. The summed E-state index contributed by atoms with van der Waals surface area (Å²) in [4.78, 5) is 0. The zero-order chi connectivity index (χ0) is 23.1. The zero-order valence-electron chi connectivity index (χ0n) is 21.3. The van der Waals surface area contributed by atoms with Crippen molar-refractivity contribution in [2.45, 2.75) is 104 Å². The molecule has 3 rings (SSSR count). The lowest BCUT2D eigenvalue weighted by Gasteiger charge is -2.22. The van der Waals surface area contributed by atoms with Gasteiger partial charge in [-0.15, -0.1) is 0 Å². The summed E-state index contributed by atoms with van der Waals surface area (Å²) in [6.07, 6.45) is 21.3. The van der Waals surface area contributed by atoms with Crippen LogP contribution in [-0.4, -0.2) is 6.61 Å². The van der Waals surface area contributed by atoms with Crippen molar-refractivity contribution in [3.8, 4) is 16.9 Å². The van der Waals surface area contributed by atoms with Crippen LogP contribution in [0.15, 0.2) is 54.6 Å². The molecule has 0 saturated heterocycles. The quantitative estimate of drug-likeness (QED) is 0.247. The molecule has 1 heteroatoms. The summed E-state index contributed by atoms with van der Waals surface area (Å²) in [6, 6.07) is 17.8. The van der Waals surface area contributed by atoms with Crippen LogP contribution in [-0.2, 0) is 0 Å². The number of hydrogen-bond donors (Lipinski definition) is 0. The monoisotopic (exact) mass is 446 g/mol. The predicted molar refractivity (Wildman–Crippen MR) is 145 cm³/mol. The van der Waals surface area contributed by atoms with Gasteiger partial charge in [-0.2, -0.15) is 0 Å². The molecule has 0 N–H and O–H groups in total. The van der Waals surface area contributed by atoms with Crippen molar-refractivity contribution in [3.63, 3.8) is 0 Å². The smallest absolute Gasteiger partial charge is 0.119 e. The van der Waals surface area contributed by atoms with Crippen LogP contribution in [0.5, 0.6) is 5.75 Å². The van der Waals surface area contributed by atoms with E-state index in [4.69, 9.17) is 4.74 Å². The summed E-state index contributed by atoms with van der Waals surface area (Å²) in [5.74, 6) is 1.89. The van der Waals surface area contributed by atoms with Gasteiger partial charge >= 0.3 is 0 Å². The first-order valence-corrected chi connectivity index (χ1v) is 13.8. The van der Waals surface area contributed by atoms with Gasteiger partial charge in [-0.3, -0.25) is 0 Å². The molecule has 0 saturated carbocycles. The Morgan fingerprint density at radius 2 is 1.24 bits per heavy atom. The molecule has 180 valence electrons. The van der Waals surface area contributed by atoms with Crippen molar-refractivity contribution in [2.24, 2.45) is 5.92 Å². The Kier molecular flexibility index (Phi) is 11.6. The van der Waals surface area contributed by atoms with E-state index in [1.807, 2.05) is 0 Å². The molecule has 33 heavy (non-hydrogen) atoms. The van der Waals surface area contributed by atoms with E-state index in [0.29, 0.717) is 0 Å². The van der Waals surface area contributed by atoms with Crippen molar-refractivity contribution >= 4 is 5.57 Å². The first kappa shape index (κ1) is 25.6. The van der Waals surface area contributed by atoms with Gasteiger partial charge in [0.2, 0.25) is 0 Å². The third-order valence-electron chi connectivity index (χ3n) is 7.20. The molecular formula is C32H46O. The molecule has 1 atom stereocenters. The number of unbranched alkanes of at least 4 members (excludes halogenated alkanes) is 8. The van der Waals surface area contributed by atoms with Gasteiger partial charge in [0.25, 0.3) is 0 Å². The van der Waals surface area contributed by atoms with E-state index in [-0.39, 0.29) is 0 Å². The van der Waals surface area contributed by atoms with Crippen LogP contribution >= 0.6 is 0 Å². The molecule has 2 aromatic rings. The minimum Gasteiger partial charge on any atom is -0.494 e. The highest BCUT2D eigenvalue weighted by Crippen LogP contribution is 2.34. The van der Waals surface area contributed by atoms with E-state index in [0.717, 1.165) is 24.7 Å². The Morgan fingerprint density at radius 3 is 1.88 bits per heavy atom. The Morgan fingerprint density at radius 1 is 0.667 bits per heavy atom. The first-order valence-electron chi connectivity index (χ1n) is 13.8. The van der Waals surface area contributed by atoms with Gasteiger partial charge in [0.05, 0.1) is 6.61 Å². The van der Waals surface area contributed by atoms with E-state index in [2.05, 4.69) is 68.5 Å². The molecule has 0 amide bonds. The van der Waals surface area contributed by atoms with Gasteiger partial charge in [-0.25, -0.2) is 0 Å². The Labute approximate surface area is 203 Å². The van der Waals surface area contributed by atoms with Gasteiger partial charge in [0.15, 0.2) is 0 Å². The van der Waals surface area contributed by atoms with Crippen molar-refractivity contribution in [2.75, 3.05) is 6.61 Å². The molecule has 0 spiro atoms. The van der Waals surface area contributed by atoms with Crippen LogP contribution in [0.1, 0.15) is 109 Å². The summed E-state index contributed by atoms with van der Waals surface area (Å²) in [5.41, 5.74) is 5.50. The molecule has 0 aliphatic heterocycles. The van der Waals surface area contributed by atoms with Gasteiger partial charge in [0.1, 0.15) is 5.75 Å². The molecular weight excluding hydrogens is 400 g/mol. The standard InChI is InChI=1S/C32H46O/c1-3-5-7-9-10-11-13-27-14-16-28(17-15-27)29-18-20-30(21-19-29)31-22-24-32(25-23-31)33-26-12-8-6-4-2/h16,18-25,27H,3-15,17,26H2,1-2H3. The topological polar surface area (TPSA) is 9.23 Å². The summed E-state index contributed by atoms with van der Waals surface area (Å²) in [7, 11) is 0. The van der Waals surface area contributed by atoms with Gasteiger partial charge in [-0.1, -0.05) is 121 Å². The number of benzene rings is 2. The predicted octanol–water partition coefficient (Wildman–Crippen LogP) is 10.2. The third-order valence-corrected chi connectivity index (χ3v) is 7.20. The fraction of sp³-hybridized carbons (Fsp3) is 0.562. The normalized spacial score (nSPS) is 15.9. The Balaban J connectivity index is 1.43. The molecule has 0 fully saturated rings. The Bertz CT molecular complexity index is 799. The molecule has 0 heterocycles. The highest BCUT2D eigenvalue weighted by molar-refractivity contribution is 5.71. The lowest BCUT2D eigenvalue weighted by Crippen LogP contribution is -2.05. The minimum absolute atomic E-state index is 0.822. The van der Waals surface area contributed by atoms with E-state index >= 15 is 0 Å². The molecule has 2 aromatic carbocycles. The van der Waals surface area contributed by atoms with Crippen LogP contribution in [0, 0.1) is 5.92 Å². The van der Waals surface area contributed by atoms with E-state index in [1.54, 1.807) is 5.57 Å². The van der Waals surface area contributed by atoms with Crippen LogP contribution in [0.4, 0.5) is 0 Å². The highest BCUT2D eigenvalue weighted by Gasteiger charge is 2.15. The lowest BCUT2D eigenvalue weighted by atomic mass is 9.83. The molecule has 1 unspecified atom stereocenters. The van der Waals surface area contributed by atoms with Gasteiger partial charge in [-0.05, 0) is 66.0 Å². The fourth-order valence-electron chi connectivity index (χ4n) is 4.97. The second kappa shape index (κ2) is 15.0. The van der Waals surface area contributed by atoms with Crippen LogP contribution in [0.2, 0.25) is 0 Å². The molecule has 0 radical (unpaired) electrons. The average molecular weight is 447 g/mol. The maximum absolute atomic E-state index is 5.89. The highest BCUT2D eigenvalue weighted by atomic mass is 16.5. The summed E-state index contributed by atoms with van der Waals surface area (Å²) in [6.45, 7) is 5.36. The largest absolute Gasteiger partial charge is 0.494 e. The molecule has 1 nitrogen and oxygen atoms in total. The number of allylic oxidation sites excluding steroid dienone is 2. The van der Waals surface area contributed by atoms with Crippen molar-refractivity contribution in [1.82, 2.24) is 0 Å². The SMILES string of the molecule is CCCCCCCCC1CC=C(c2ccc(-c3ccc(OCCCCCC)cc3)cc2)CC1. The van der Waals surface area contributed by atoms with Crippen LogP contribution in [0.25, 0.3) is 16.7 Å². The van der Waals surface area contributed by atoms with E-state index in [1.165, 1.54) is 100 Å². The van der Waals surface area contributed by atoms with E-state index in [9.17, 15) is 0 Å². The van der Waals surface area contributed by atoms with Crippen molar-refractivity contribution in [1.29, 1.82) is 0 Å². The number of rotatable bonds is 15. The van der Waals surface area contributed by atoms with Gasteiger partial charge in [0, 0.05) is 0 Å². The number of ether oxygens (including phenoxy) is 1.